The summed E-state index contributed by atoms with van der Waals surface area (Å²) >= 11 is 0. The number of halogens is 1. The van der Waals surface area contributed by atoms with Crippen LogP contribution in [0, 0.1) is 0 Å². The van der Waals surface area contributed by atoms with Gasteiger partial charge in [0.25, 0.3) is 0 Å². The van der Waals surface area contributed by atoms with Crippen LogP contribution < -0.4 is 16.0 Å². The minimum Gasteiger partial charge on any atom is -0.396 e. The molecule has 0 radical (unpaired) electrons. The fourth-order valence-electron chi connectivity index (χ4n) is 3.79. The highest BCUT2D eigenvalue weighted by Gasteiger charge is 2.27. The van der Waals surface area contributed by atoms with Crippen LogP contribution in [0.15, 0.2) is 54.0 Å². The van der Waals surface area contributed by atoms with Crippen molar-refractivity contribution in [1.82, 2.24) is 15.3 Å². The van der Waals surface area contributed by atoms with E-state index in [1.807, 2.05) is 12.1 Å². The number of fused-ring (bicyclic) bond motifs is 1. The van der Waals surface area contributed by atoms with Crippen molar-refractivity contribution in [1.29, 1.82) is 0 Å². The number of hydrogen-bond acceptors (Lipinski definition) is 6. The van der Waals surface area contributed by atoms with Gasteiger partial charge in [0.2, 0.25) is 5.78 Å². The van der Waals surface area contributed by atoms with Gasteiger partial charge in [0.15, 0.2) is 5.83 Å². The lowest BCUT2D eigenvalue weighted by Gasteiger charge is -2.19. The third-order valence-electron chi connectivity index (χ3n) is 5.23. The van der Waals surface area contributed by atoms with E-state index in [1.165, 1.54) is 6.08 Å². The van der Waals surface area contributed by atoms with Crippen molar-refractivity contribution in [3.05, 3.63) is 59.7 Å². The van der Waals surface area contributed by atoms with E-state index in [0.29, 0.717) is 23.3 Å². The molecule has 3 heterocycles. The number of carbonyl (C=O) groups excluding carboxylic acids is 1. The fourth-order valence-corrected chi connectivity index (χ4v) is 3.79. The Labute approximate surface area is 169 Å². The van der Waals surface area contributed by atoms with E-state index in [2.05, 4.69) is 35.6 Å². The van der Waals surface area contributed by atoms with Crippen molar-refractivity contribution in [2.24, 2.45) is 5.73 Å². The van der Waals surface area contributed by atoms with Crippen molar-refractivity contribution in [2.75, 3.05) is 18.0 Å². The third-order valence-corrected chi connectivity index (χ3v) is 5.23. The van der Waals surface area contributed by atoms with Crippen molar-refractivity contribution < 1.29 is 9.18 Å². The zero-order chi connectivity index (χ0) is 20.7. The number of hydrogen-bond donors (Lipinski definition) is 2. The molecule has 29 heavy (non-hydrogen) atoms. The number of anilines is 1. The lowest BCUT2D eigenvalue weighted by molar-refractivity contribution is -0.111. The van der Waals surface area contributed by atoms with Crippen LogP contribution in [0.1, 0.15) is 26.0 Å². The summed E-state index contributed by atoms with van der Waals surface area (Å²) in [5.74, 6) is -0.850. The molecule has 6 nitrogen and oxygen atoms in total. The Balaban J connectivity index is 1.59. The smallest absolute Gasteiger partial charge is 0.225 e. The van der Waals surface area contributed by atoms with Gasteiger partial charge in [0.05, 0.1) is 28.0 Å². The third kappa shape index (κ3) is 3.65. The lowest BCUT2D eigenvalue weighted by Crippen LogP contribution is -2.37. The summed E-state index contributed by atoms with van der Waals surface area (Å²) in [5.41, 5.74) is 7.50. The van der Waals surface area contributed by atoms with Crippen LogP contribution >= 0.6 is 0 Å². The van der Waals surface area contributed by atoms with Gasteiger partial charge in [-0.05, 0) is 42.3 Å². The predicted octanol–water partition coefficient (Wildman–Crippen LogP) is 2.87. The van der Waals surface area contributed by atoms with Crippen molar-refractivity contribution in [2.45, 2.75) is 32.4 Å². The average molecular weight is 393 g/mol. The molecule has 0 amide bonds. The van der Waals surface area contributed by atoms with Crippen LogP contribution in [0.4, 0.5) is 10.2 Å². The van der Waals surface area contributed by atoms with Crippen molar-refractivity contribution >= 4 is 28.2 Å². The Morgan fingerprint density at radius 3 is 2.72 bits per heavy atom. The Morgan fingerprint density at radius 2 is 1.97 bits per heavy atom. The molecule has 2 aromatic heterocycles. The Kier molecular flexibility index (Phi) is 4.92. The molecule has 1 unspecified atom stereocenters. The quantitative estimate of drug-likeness (QED) is 0.831. The summed E-state index contributed by atoms with van der Waals surface area (Å²) in [7, 11) is 0. The summed E-state index contributed by atoms with van der Waals surface area (Å²) in [6.45, 7) is 9.86. The largest absolute Gasteiger partial charge is 0.396 e. The summed E-state index contributed by atoms with van der Waals surface area (Å²) in [6, 6.07) is 8.21. The van der Waals surface area contributed by atoms with Gasteiger partial charge in [-0.3, -0.25) is 4.79 Å². The number of nitrogens with zero attached hydrogens (tertiary/aromatic N) is 3. The fraction of sp³-hybridized carbons (Fsp3) is 0.318. The predicted molar refractivity (Wildman–Crippen MR) is 113 cm³/mol. The summed E-state index contributed by atoms with van der Waals surface area (Å²) < 4.78 is 14.1. The van der Waals surface area contributed by atoms with Gasteiger partial charge in [0.1, 0.15) is 5.82 Å². The molecule has 3 N–H and O–H groups in total. The maximum atomic E-state index is 14.1. The van der Waals surface area contributed by atoms with Crippen LogP contribution in [0.5, 0.6) is 0 Å². The maximum Gasteiger partial charge on any atom is 0.225 e. The standard InChI is InChI=1S/C22H24FN5O/c1-12(2)25-14-8-9-28(11-14)19-7-6-17-18(27-19)5-4-16(26-17)15-10-13(3)21(24)20(23)22(15)29/h4-7,10,12,14,25H,3,8-9,11,24H2,1-2H3. The van der Waals surface area contributed by atoms with Crippen LogP contribution in [0.3, 0.4) is 0 Å². The maximum absolute atomic E-state index is 14.1. The van der Waals surface area contributed by atoms with Gasteiger partial charge in [-0.15, -0.1) is 0 Å². The number of carbonyl (C=O) groups is 1. The molecule has 2 aromatic rings. The first kappa shape index (κ1) is 19.3. The topological polar surface area (TPSA) is 84.1 Å². The molecule has 2 aliphatic rings. The number of allylic oxidation sites excluding steroid dienone is 3. The van der Waals surface area contributed by atoms with Crippen molar-refractivity contribution in [3.63, 3.8) is 0 Å². The first-order chi connectivity index (χ1) is 13.8. The molecule has 0 aromatic carbocycles. The monoisotopic (exact) mass is 393 g/mol. The zero-order valence-electron chi connectivity index (χ0n) is 16.6. The van der Waals surface area contributed by atoms with Gasteiger partial charge in [0, 0.05) is 25.2 Å². The normalized spacial score (nSPS) is 20.2. The number of rotatable bonds is 4. The van der Waals surface area contributed by atoms with E-state index in [1.54, 1.807) is 12.1 Å². The van der Waals surface area contributed by atoms with Gasteiger partial charge in [-0.2, -0.15) is 0 Å². The molecule has 0 saturated carbocycles. The summed E-state index contributed by atoms with van der Waals surface area (Å²) in [4.78, 5) is 23.8. The molecular formula is C22H24FN5O. The molecule has 4 rings (SSSR count). The molecule has 150 valence electrons. The van der Waals surface area contributed by atoms with Crippen LogP contribution in [0.25, 0.3) is 16.6 Å². The Hall–Kier alpha value is -3.06. The van der Waals surface area contributed by atoms with E-state index in [9.17, 15) is 9.18 Å². The number of pyridine rings is 2. The molecule has 0 bridgehead atoms. The van der Waals surface area contributed by atoms with Gasteiger partial charge in [-0.25, -0.2) is 14.4 Å². The first-order valence-corrected chi connectivity index (χ1v) is 9.73. The molecule has 1 aliphatic carbocycles. The van der Waals surface area contributed by atoms with Crippen LogP contribution in [0.2, 0.25) is 0 Å². The second-order valence-corrected chi connectivity index (χ2v) is 7.80. The molecule has 1 aliphatic heterocycles. The number of ketones is 1. The summed E-state index contributed by atoms with van der Waals surface area (Å²) in [6.07, 6.45) is 2.56. The van der Waals surface area contributed by atoms with Gasteiger partial charge in [-0.1, -0.05) is 20.4 Å². The highest BCUT2D eigenvalue weighted by molar-refractivity contribution is 6.29. The van der Waals surface area contributed by atoms with E-state index in [-0.39, 0.29) is 16.8 Å². The molecule has 1 fully saturated rings. The molecule has 1 saturated heterocycles. The number of aromatic nitrogens is 2. The van der Waals surface area contributed by atoms with Gasteiger partial charge >= 0.3 is 0 Å². The Morgan fingerprint density at radius 1 is 1.24 bits per heavy atom. The summed E-state index contributed by atoms with van der Waals surface area (Å²) in [5, 5.41) is 3.57. The SMILES string of the molecule is C=C1C=C(c2ccc3nc(N4CCC(NC(C)C)C4)ccc3n2)C(=O)C(F)=C1N. The van der Waals surface area contributed by atoms with E-state index >= 15 is 0 Å². The average Bonchev–Trinajstić information content (AvgIpc) is 3.16. The number of nitrogens with one attached hydrogen (secondary N) is 1. The highest BCUT2D eigenvalue weighted by atomic mass is 19.1. The molecule has 7 heteroatoms. The highest BCUT2D eigenvalue weighted by Crippen LogP contribution is 2.29. The van der Waals surface area contributed by atoms with E-state index < -0.39 is 11.6 Å². The second-order valence-electron chi connectivity index (χ2n) is 7.80. The van der Waals surface area contributed by atoms with E-state index in [4.69, 9.17) is 10.7 Å². The molecule has 1 atom stereocenters. The molecular weight excluding hydrogens is 369 g/mol. The first-order valence-electron chi connectivity index (χ1n) is 9.73. The van der Waals surface area contributed by atoms with Crippen LogP contribution in [-0.4, -0.2) is 40.9 Å². The number of Topliss-reactive ketones (excluding diaryl/α,β-unsaturated/α-hetero) is 1. The second kappa shape index (κ2) is 7.40. The minimum atomic E-state index is -0.985. The van der Waals surface area contributed by atoms with Gasteiger partial charge < -0.3 is 16.0 Å². The van der Waals surface area contributed by atoms with E-state index in [0.717, 1.165) is 30.8 Å². The minimum absolute atomic E-state index is 0.148. The zero-order valence-corrected chi connectivity index (χ0v) is 16.6. The lowest BCUT2D eigenvalue weighted by atomic mass is 9.95. The Bertz CT molecular complexity index is 1070. The number of nitrogens with two attached hydrogens (primary N) is 1. The van der Waals surface area contributed by atoms with Crippen molar-refractivity contribution in [3.8, 4) is 0 Å². The molecule has 0 spiro atoms. The van der Waals surface area contributed by atoms with Crippen LogP contribution in [-0.2, 0) is 4.79 Å².